The number of hydrogen-bond donors (Lipinski definition) is 2. The van der Waals surface area contributed by atoms with Gasteiger partial charge in [-0.2, -0.15) is 0 Å². The monoisotopic (exact) mass is 250 g/mol. The molecule has 4 heteroatoms. The topological polar surface area (TPSA) is 66.6 Å². The average molecular weight is 250 g/mol. The van der Waals surface area contributed by atoms with Crippen LogP contribution in [0, 0.1) is 5.92 Å². The van der Waals surface area contributed by atoms with Crippen LogP contribution in [0.2, 0.25) is 0 Å². The molecule has 0 heterocycles. The van der Waals surface area contributed by atoms with Crippen LogP contribution in [0.15, 0.2) is 18.2 Å². The molecule has 1 aromatic carbocycles. The molecule has 0 aliphatic carbocycles. The number of nitrogens with zero attached hydrogens (tertiary/aromatic N) is 1. The molecular formula is C14H22N2O2. The number of hydrogen-bond acceptors (Lipinski definition) is 3. The molecular weight excluding hydrogens is 228 g/mol. The Morgan fingerprint density at radius 3 is 2.56 bits per heavy atom. The van der Waals surface area contributed by atoms with Gasteiger partial charge >= 0.3 is 0 Å². The van der Waals surface area contributed by atoms with Gasteiger partial charge in [0.05, 0.1) is 11.3 Å². The highest BCUT2D eigenvalue weighted by Gasteiger charge is 2.21. The Bertz CT molecular complexity index is 430. The highest BCUT2D eigenvalue weighted by atomic mass is 16.3. The number of aromatic hydroxyl groups is 1. The molecule has 0 saturated heterocycles. The lowest BCUT2D eigenvalue weighted by atomic mass is 10.0. The van der Waals surface area contributed by atoms with Crippen molar-refractivity contribution in [2.75, 3.05) is 12.8 Å². The summed E-state index contributed by atoms with van der Waals surface area (Å²) < 4.78 is 0. The highest BCUT2D eigenvalue weighted by molar-refractivity contribution is 5.98. The minimum atomic E-state index is -0.201. The molecule has 18 heavy (non-hydrogen) atoms. The second kappa shape index (κ2) is 5.76. The maximum atomic E-state index is 12.3. The van der Waals surface area contributed by atoms with Crippen molar-refractivity contribution < 1.29 is 9.90 Å². The summed E-state index contributed by atoms with van der Waals surface area (Å²) in [6.07, 6.45) is 0.922. The minimum absolute atomic E-state index is 0.123. The van der Waals surface area contributed by atoms with Crippen LogP contribution in [0.4, 0.5) is 5.69 Å². The zero-order valence-corrected chi connectivity index (χ0v) is 11.5. The molecule has 1 atom stereocenters. The number of carbonyl (C=O) groups excluding carboxylic acids is 1. The van der Waals surface area contributed by atoms with Gasteiger partial charge in [0.2, 0.25) is 0 Å². The summed E-state index contributed by atoms with van der Waals surface area (Å²) in [6.45, 7) is 6.24. The zero-order valence-electron chi connectivity index (χ0n) is 11.5. The largest absolute Gasteiger partial charge is 0.505 e. The van der Waals surface area contributed by atoms with Gasteiger partial charge in [-0.1, -0.05) is 19.9 Å². The molecule has 1 aromatic rings. The van der Waals surface area contributed by atoms with E-state index in [4.69, 9.17) is 5.73 Å². The SMILES string of the molecule is CC(C)CC(C)N(C)C(=O)c1cccc(N)c1O. The number of carbonyl (C=O) groups is 1. The molecule has 3 N–H and O–H groups in total. The van der Waals surface area contributed by atoms with E-state index in [0.29, 0.717) is 5.92 Å². The molecule has 0 aromatic heterocycles. The van der Waals surface area contributed by atoms with Gasteiger partial charge in [0.1, 0.15) is 0 Å². The predicted molar refractivity (Wildman–Crippen MR) is 73.5 cm³/mol. The van der Waals surface area contributed by atoms with E-state index >= 15 is 0 Å². The maximum absolute atomic E-state index is 12.3. The lowest BCUT2D eigenvalue weighted by Gasteiger charge is -2.26. The molecule has 0 radical (unpaired) electrons. The van der Waals surface area contributed by atoms with E-state index < -0.39 is 0 Å². The van der Waals surface area contributed by atoms with Gasteiger partial charge in [0.25, 0.3) is 5.91 Å². The standard InChI is InChI=1S/C14H22N2O2/c1-9(2)8-10(3)16(4)14(18)11-6-5-7-12(15)13(11)17/h5-7,9-10,17H,8,15H2,1-4H3. The van der Waals surface area contributed by atoms with Crippen LogP contribution in [-0.4, -0.2) is 29.0 Å². The third-order valence-electron chi connectivity index (χ3n) is 3.09. The summed E-state index contributed by atoms with van der Waals surface area (Å²) in [7, 11) is 1.75. The zero-order chi connectivity index (χ0) is 13.9. The second-order valence-electron chi connectivity index (χ2n) is 5.14. The molecule has 0 saturated carbocycles. The maximum Gasteiger partial charge on any atom is 0.257 e. The van der Waals surface area contributed by atoms with Crippen LogP contribution in [0.1, 0.15) is 37.6 Å². The first-order valence-corrected chi connectivity index (χ1v) is 6.19. The van der Waals surface area contributed by atoms with Gasteiger partial charge in [-0.05, 0) is 31.4 Å². The third-order valence-corrected chi connectivity index (χ3v) is 3.09. The molecule has 1 rings (SSSR count). The van der Waals surface area contributed by atoms with Crippen molar-refractivity contribution in [3.63, 3.8) is 0 Å². The van der Waals surface area contributed by atoms with E-state index in [2.05, 4.69) is 13.8 Å². The van der Waals surface area contributed by atoms with Crippen molar-refractivity contribution in [2.24, 2.45) is 5.92 Å². The van der Waals surface area contributed by atoms with Gasteiger partial charge in [-0.3, -0.25) is 4.79 Å². The smallest absolute Gasteiger partial charge is 0.257 e. The van der Waals surface area contributed by atoms with Crippen LogP contribution in [0.5, 0.6) is 5.75 Å². The third kappa shape index (κ3) is 3.15. The molecule has 1 unspecified atom stereocenters. The summed E-state index contributed by atoms with van der Waals surface area (Å²) in [5.74, 6) is 0.184. The average Bonchev–Trinajstić information content (AvgIpc) is 2.30. The minimum Gasteiger partial charge on any atom is -0.505 e. The summed E-state index contributed by atoms with van der Waals surface area (Å²) in [4.78, 5) is 13.9. The molecule has 100 valence electrons. The van der Waals surface area contributed by atoms with Gasteiger partial charge < -0.3 is 15.7 Å². The quantitative estimate of drug-likeness (QED) is 0.637. The fraction of sp³-hybridized carbons (Fsp3) is 0.500. The fourth-order valence-corrected chi connectivity index (χ4v) is 1.96. The summed E-state index contributed by atoms with van der Waals surface area (Å²) in [5.41, 5.74) is 6.08. The van der Waals surface area contributed by atoms with Crippen molar-refractivity contribution in [2.45, 2.75) is 33.2 Å². The van der Waals surface area contributed by atoms with E-state index in [0.717, 1.165) is 6.42 Å². The number of nitrogens with two attached hydrogens (primary N) is 1. The summed E-state index contributed by atoms with van der Waals surface area (Å²) in [5, 5.41) is 9.81. The number of phenolic OH excluding ortho intramolecular Hbond substituents is 1. The van der Waals surface area contributed by atoms with Crippen LogP contribution in [0.3, 0.4) is 0 Å². The van der Waals surface area contributed by atoms with Crippen molar-refractivity contribution in [3.8, 4) is 5.75 Å². The molecule has 4 nitrogen and oxygen atoms in total. The second-order valence-corrected chi connectivity index (χ2v) is 5.14. The Balaban J connectivity index is 2.90. The molecule has 0 aliphatic rings. The van der Waals surface area contributed by atoms with Crippen molar-refractivity contribution in [3.05, 3.63) is 23.8 Å². The Morgan fingerprint density at radius 1 is 1.39 bits per heavy atom. The number of para-hydroxylation sites is 1. The molecule has 0 bridgehead atoms. The van der Waals surface area contributed by atoms with Crippen molar-refractivity contribution in [1.29, 1.82) is 0 Å². The van der Waals surface area contributed by atoms with E-state index in [1.165, 1.54) is 0 Å². The normalized spacial score (nSPS) is 12.5. The molecule has 1 amide bonds. The van der Waals surface area contributed by atoms with Crippen molar-refractivity contribution >= 4 is 11.6 Å². The van der Waals surface area contributed by atoms with E-state index in [1.807, 2.05) is 6.92 Å². The van der Waals surface area contributed by atoms with Gasteiger partial charge in [0, 0.05) is 13.1 Å². The number of anilines is 1. The van der Waals surface area contributed by atoms with E-state index in [1.54, 1.807) is 30.1 Å². The Labute approximate surface area is 108 Å². The Morgan fingerprint density at radius 2 is 2.00 bits per heavy atom. The number of phenols is 1. The number of amides is 1. The van der Waals surface area contributed by atoms with Gasteiger partial charge in [-0.15, -0.1) is 0 Å². The molecule has 0 spiro atoms. The summed E-state index contributed by atoms with van der Waals surface area (Å²) >= 11 is 0. The number of benzene rings is 1. The molecule has 0 fully saturated rings. The van der Waals surface area contributed by atoms with Gasteiger partial charge in [0.15, 0.2) is 5.75 Å². The first kappa shape index (κ1) is 14.4. The summed E-state index contributed by atoms with van der Waals surface area (Å²) in [6, 6.07) is 4.96. The number of nitrogen functional groups attached to an aromatic ring is 1. The highest BCUT2D eigenvalue weighted by Crippen LogP contribution is 2.26. The van der Waals surface area contributed by atoms with Crippen LogP contribution >= 0.6 is 0 Å². The fourth-order valence-electron chi connectivity index (χ4n) is 1.96. The van der Waals surface area contributed by atoms with Crippen LogP contribution in [-0.2, 0) is 0 Å². The predicted octanol–water partition coefficient (Wildman–Crippen LogP) is 2.48. The lowest BCUT2D eigenvalue weighted by molar-refractivity contribution is 0.0725. The van der Waals surface area contributed by atoms with Crippen molar-refractivity contribution in [1.82, 2.24) is 4.90 Å². The lowest BCUT2D eigenvalue weighted by Crippen LogP contribution is -2.36. The van der Waals surface area contributed by atoms with E-state index in [-0.39, 0.29) is 28.9 Å². The number of rotatable bonds is 4. The van der Waals surface area contributed by atoms with Crippen LogP contribution in [0.25, 0.3) is 0 Å². The Hall–Kier alpha value is -1.71. The van der Waals surface area contributed by atoms with Gasteiger partial charge in [-0.25, -0.2) is 0 Å². The first-order chi connectivity index (χ1) is 8.34. The van der Waals surface area contributed by atoms with Crippen LogP contribution < -0.4 is 5.73 Å². The van der Waals surface area contributed by atoms with E-state index in [9.17, 15) is 9.90 Å². The first-order valence-electron chi connectivity index (χ1n) is 6.19. The Kier molecular flexibility index (Phi) is 4.59. The molecule has 0 aliphatic heterocycles.